The van der Waals surface area contributed by atoms with Crippen LogP contribution in [0.1, 0.15) is 6.92 Å². The van der Waals surface area contributed by atoms with Crippen molar-refractivity contribution in [3.05, 3.63) is 12.2 Å². The molecule has 0 aromatic rings. The van der Waals surface area contributed by atoms with Crippen molar-refractivity contribution >= 4 is 5.97 Å². The molecule has 4 bridgehead atoms. The smallest absolute Gasteiger partial charge is 0.339 e. The first-order valence-corrected chi connectivity index (χ1v) is 8.63. The lowest BCUT2D eigenvalue weighted by molar-refractivity contribution is -0.619. The van der Waals surface area contributed by atoms with Gasteiger partial charge in [-0.2, -0.15) is 52.7 Å². The number of rotatable bonds is 5. The van der Waals surface area contributed by atoms with Crippen molar-refractivity contribution in [1.82, 2.24) is 0 Å². The third-order valence-corrected chi connectivity index (χ3v) is 6.20. The molecule has 18 heteroatoms. The van der Waals surface area contributed by atoms with E-state index in [1.165, 1.54) is 0 Å². The summed E-state index contributed by atoms with van der Waals surface area (Å²) in [7, 11) is 0. The van der Waals surface area contributed by atoms with Gasteiger partial charge < -0.3 is 9.47 Å². The molecule has 0 radical (unpaired) electrons. The summed E-state index contributed by atoms with van der Waals surface area (Å²) in [4.78, 5) is 11.2. The van der Waals surface area contributed by atoms with E-state index in [1.807, 2.05) is 0 Å². The first-order chi connectivity index (χ1) is 14.8. The van der Waals surface area contributed by atoms with Crippen LogP contribution in [-0.4, -0.2) is 77.3 Å². The zero-order valence-corrected chi connectivity index (χ0v) is 16.0. The van der Waals surface area contributed by atoms with E-state index in [0.29, 0.717) is 0 Å². The van der Waals surface area contributed by atoms with E-state index in [2.05, 4.69) is 16.1 Å². The third kappa shape index (κ3) is 1.83. The Bertz CT molecular complexity index is 844. The molecular weight excluding hydrogens is 525 g/mol. The number of carbonyl (C=O) groups is 1. The lowest BCUT2D eigenvalue weighted by Gasteiger charge is -2.74. The summed E-state index contributed by atoms with van der Waals surface area (Å²) in [5.74, 6) is -48.0. The molecule has 4 aliphatic carbocycles. The van der Waals surface area contributed by atoms with Crippen molar-refractivity contribution in [3.63, 3.8) is 0 Å². The molecule has 0 spiro atoms. The molecule has 34 heavy (non-hydrogen) atoms. The second-order valence-corrected chi connectivity index (χ2v) is 7.87. The fraction of sp³-hybridized carbons (Fsp3) is 0.812. The summed E-state index contributed by atoms with van der Waals surface area (Å²) in [5.41, 5.74) is -30.6. The van der Waals surface area contributed by atoms with E-state index in [-0.39, 0.29) is 0 Å². The van der Waals surface area contributed by atoms with Crippen LogP contribution in [0.4, 0.5) is 65.9 Å². The van der Waals surface area contributed by atoms with E-state index in [9.17, 15) is 70.7 Å². The Morgan fingerprint density at radius 1 is 0.588 bits per heavy atom. The Kier molecular flexibility index (Phi) is 4.78. The largest absolute Gasteiger partial charge is 0.460 e. The molecule has 0 aromatic heterocycles. The summed E-state index contributed by atoms with van der Waals surface area (Å²) in [6.07, 6.45) is 0. The molecule has 0 unspecified atom stereocenters. The third-order valence-electron chi connectivity index (χ3n) is 6.20. The summed E-state index contributed by atoms with van der Waals surface area (Å²) < 4.78 is 225. The molecule has 0 heterocycles. The van der Waals surface area contributed by atoms with Crippen LogP contribution in [0.15, 0.2) is 12.2 Å². The number of hydrogen-bond acceptors (Lipinski definition) is 3. The van der Waals surface area contributed by atoms with Gasteiger partial charge in [-0.25, -0.2) is 18.0 Å². The molecule has 0 aromatic carbocycles. The molecule has 3 nitrogen and oxygen atoms in total. The monoisotopic (exact) mass is 534 g/mol. The predicted molar refractivity (Wildman–Crippen MR) is 75.7 cm³/mol. The topological polar surface area (TPSA) is 35.5 Å². The number of esters is 1. The van der Waals surface area contributed by atoms with E-state index < -0.39 is 82.9 Å². The van der Waals surface area contributed by atoms with Gasteiger partial charge in [-0.3, -0.25) is 0 Å². The minimum Gasteiger partial charge on any atom is -0.460 e. The molecule has 0 N–H and O–H groups in total. The van der Waals surface area contributed by atoms with Crippen LogP contribution in [0.25, 0.3) is 0 Å². The molecule has 0 aliphatic heterocycles. The van der Waals surface area contributed by atoms with Gasteiger partial charge in [-0.1, -0.05) is 6.58 Å². The molecule has 0 saturated heterocycles. The van der Waals surface area contributed by atoms with Crippen LogP contribution in [0.3, 0.4) is 0 Å². The fourth-order valence-electron chi connectivity index (χ4n) is 4.53. The van der Waals surface area contributed by atoms with Crippen molar-refractivity contribution in [2.45, 2.75) is 65.1 Å². The Morgan fingerprint density at radius 2 is 0.882 bits per heavy atom. The fourth-order valence-corrected chi connectivity index (χ4v) is 4.53. The van der Waals surface area contributed by atoms with E-state index in [0.717, 1.165) is 6.92 Å². The Labute approximate surface area is 177 Å². The van der Waals surface area contributed by atoms with Gasteiger partial charge in [0.1, 0.15) is 6.61 Å². The summed E-state index contributed by atoms with van der Waals surface area (Å²) in [6, 6.07) is 0. The van der Waals surface area contributed by atoms with Crippen molar-refractivity contribution in [1.29, 1.82) is 0 Å². The number of ether oxygens (including phenoxy) is 2. The van der Waals surface area contributed by atoms with Gasteiger partial charge in [0.15, 0.2) is 0 Å². The van der Waals surface area contributed by atoms with Crippen molar-refractivity contribution in [2.75, 3.05) is 13.2 Å². The molecule has 0 amide bonds. The standard InChI is InChI=1S/C16H9F15O3/c1-5(2)6(32)33-3-4-34-10-14(26,27)7(17)11(20,21)8(18,15(10,28)29)13(24,25)9(19,12(7,22)23)16(10,30)31/h1,3-4H2,2H3. The van der Waals surface area contributed by atoms with Gasteiger partial charge in [0.2, 0.25) is 0 Å². The van der Waals surface area contributed by atoms with E-state index in [4.69, 9.17) is 0 Å². The maximum Gasteiger partial charge on any atom is 0.339 e. The zero-order valence-electron chi connectivity index (χ0n) is 16.0. The maximum atomic E-state index is 14.8. The number of alkyl halides is 15. The second-order valence-electron chi connectivity index (χ2n) is 7.87. The van der Waals surface area contributed by atoms with Crippen LogP contribution >= 0.6 is 0 Å². The normalized spacial score (nSPS) is 43.4. The van der Waals surface area contributed by atoms with Gasteiger partial charge in [-0.15, -0.1) is 0 Å². The van der Waals surface area contributed by atoms with E-state index in [1.54, 1.807) is 0 Å². The lowest BCUT2D eigenvalue weighted by atomic mass is 9.40. The number of halogens is 15. The van der Waals surface area contributed by atoms with Gasteiger partial charge >= 0.3 is 58.5 Å². The SMILES string of the molecule is C=C(C)C(=O)OCCOC12C(F)(F)C3(F)C(F)(F)C(F)(C(F)(F)C(F)(C3(F)F)C1(F)F)C2(F)F. The van der Waals surface area contributed by atoms with Gasteiger partial charge in [0.25, 0.3) is 5.60 Å². The van der Waals surface area contributed by atoms with E-state index >= 15 is 0 Å². The Hall–Kier alpha value is -1.88. The molecule has 4 saturated carbocycles. The Balaban J connectivity index is 2.37. The summed E-state index contributed by atoms with van der Waals surface area (Å²) >= 11 is 0. The number of hydrogen-bond donors (Lipinski definition) is 0. The van der Waals surface area contributed by atoms with Crippen LogP contribution in [0, 0.1) is 0 Å². The van der Waals surface area contributed by atoms with Gasteiger partial charge in [0.05, 0.1) is 6.61 Å². The van der Waals surface area contributed by atoms with Crippen LogP contribution in [0.2, 0.25) is 0 Å². The van der Waals surface area contributed by atoms with Gasteiger partial charge in [-0.05, 0) is 6.92 Å². The second kappa shape index (κ2) is 6.08. The highest BCUT2D eigenvalue weighted by atomic mass is 19.3. The average molecular weight is 534 g/mol. The van der Waals surface area contributed by atoms with Crippen LogP contribution < -0.4 is 0 Å². The Morgan fingerprint density at radius 3 is 1.15 bits per heavy atom. The van der Waals surface area contributed by atoms with Crippen LogP contribution in [0.5, 0.6) is 0 Å². The average Bonchev–Trinajstić information content (AvgIpc) is 2.67. The highest BCUT2D eigenvalue weighted by molar-refractivity contribution is 5.86. The first-order valence-electron chi connectivity index (χ1n) is 8.63. The molecular formula is C16H9F15O3. The van der Waals surface area contributed by atoms with Crippen molar-refractivity contribution < 1.29 is 80.1 Å². The highest BCUT2D eigenvalue weighted by Crippen LogP contribution is 2.88. The van der Waals surface area contributed by atoms with Crippen molar-refractivity contribution in [3.8, 4) is 0 Å². The summed E-state index contributed by atoms with van der Waals surface area (Å²) in [6.45, 7) is -0.0841. The minimum absolute atomic E-state index is 0.497. The quantitative estimate of drug-likeness (QED) is 0.219. The maximum absolute atomic E-state index is 14.8. The highest BCUT2D eigenvalue weighted by Gasteiger charge is 3.23. The van der Waals surface area contributed by atoms with Gasteiger partial charge in [0, 0.05) is 5.57 Å². The van der Waals surface area contributed by atoms with Crippen LogP contribution in [-0.2, 0) is 14.3 Å². The lowest BCUT2D eigenvalue weighted by Crippen LogP contribution is -3.10. The van der Waals surface area contributed by atoms with Crippen molar-refractivity contribution in [2.24, 2.45) is 0 Å². The summed E-state index contributed by atoms with van der Waals surface area (Å²) in [5, 5.41) is 0. The molecule has 0 atom stereocenters. The molecule has 4 rings (SSSR count). The minimum atomic E-state index is -7.87. The number of carbonyl (C=O) groups excluding carboxylic acids is 1. The predicted octanol–water partition coefficient (Wildman–Crippen LogP) is 4.84. The molecule has 196 valence electrons. The zero-order chi connectivity index (χ0) is 27.0. The molecule has 4 fully saturated rings. The first kappa shape index (κ1) is 26.7. The molecule has 4 aliphatic rings.